The number of nitrogens with one attached hydrogen (secondary N) is 1. The smallest absolute Gasteiger partial charge is 0.253 e. The molecule has 1 aliphatic rings. The van der Waals surface area contributed by atoms with Crippen LogP contribution in [0.5, 0.6) is 0 Å². The van der Waals surface area contributed by atoms with Crippen molar-refractivity contribution >= 4 is 5.91 Å². The summed E-state index contributed by atoms with van der Waals surface area (Å²) < 4.78 is 2.18. The molecule has 1 N–H and O–H groups in total. The summed E-state index contributed by atoms with van der Waals surface area (Å²) in [6, 6.07) is 8.28. The number of carbonyl (C=O) groups excluding carboxylic acids is 1. The lowest BCUT2D eigenvalue weighted by molar-refractivity contribution is 0.0929. The summed E-state index contributed by atoms with van der Waals surface area (Å²) in [6.07, 6.45) is 10.4. The molecule has 1 fully saturated rings. The van der Waals surface area contributed by atoms with Crippen molar-refractivity contribution in [3.05, 3.63) is 53.1 Å². The summed E-state index contributed by atoms with van der Waals surface area (Å²) in [5, 5.41) is 3.28. The molecule has 0 radical (unpaired) electrons. The zero-order valence-corrected chi connectivity index (χ0v) is 15.4. The van der Waals surface area contributed by atoms with E-state index in [0.29, 0.717) is 12.6 Å². The Bertz CT molecular complexity index is 697. The van der Waals surface area contributed by atoms with Crippen LogP contribution in [-0.4, -0.2) is 21.5 Å². The van der Waals surface area contributed by atoms with Gasteiger partial charge in [-0.15, -0.1) is 0 Å². The average molecular weight is 339 g/mol. The molecule has 2 aromatic rings. The third kappa shape index (κ3) is 4.50. The lowest BCUT2D eigenvalue weighted by Gasteiger charge is -2.21. The molecule has 4 nitrogen and oxygen atoms in total. The topological polar surface area (TPSA) is 46.9 Å². The summed E-state index contributed by atoms with van der Waals surface area (Å²) in [7, 11) is 0. The van der Waals surface area contributed by atoms with E-state index in [9.17, 15) is 4.79 Å². The van der Waals surface area contributed by atoms with Crippen LogP contribution in [0.2, 0.25) is 0 Å². The minimum Gasteiger partial charge on any atom is -0.349 e. The van der Waals surface area contributed by atoms with Gasteiger partial charge in [0.2, 0.25) is 0 Å². The molecule has 0 bridgehead atoms. The van der Waals surface area contributed by atoms with Crippen molar-refractivity contribution in [2.24, 2.45) is 0 Å². The lowest BCUT2D eigenvalue weighted by atomic mass is 9.96. The second kappa shape index (κ2) is 8.32. The summed E-state index contributed by atoms with van der Waals surface area (Å²) >= 11 is 0. The van der Waals surface area contributed by atoms with E-state index in [0.717, 1.165) is 35.5 Å². The Morgan fingerprint density at radius 3 is 2.56 bits per heavy atom. The zero-order chi connectivity index (χ0) is 17.6. The second-order valence-electron chi connectivity index (χ2n) is 7.21. The average Bonchev–Trinajstić information content (AvgIpc) is 2.86. The lowest BCUT2D eigenvalue weighted by Crippen LogP contribution is -2.35. The Kier molecular flexibility index (Phi) is 5.90. The van der Waals surface area contributed by atoms with E-state index < -0.39 is 0 Å². The van der Waals surface area contributed by atoms with Gasteiger partial charge in [-0.3, -0.25) is 9.78 Å². The molecule has 2 aromatic heterocycles. The minimum atomic E-state index is 0.0749. The van der Waals surface area contributed by atoms with Crippen LogP contribution in [0.25, 0.3) is 0 Å². The van der Waals surface area contributed by atoms with Crippen molar-refractivity contribution in [3.8, 4) is 0 Å². The molecular formula is C21H29N3O. The number of amides is 1. The van der Waals surface area contributed by atoms with E-state index in [1.54, 1.807) is 0 Å². The van der Waals surface area contributed by atoms with Gasteiger partial charge in [0.15, 0.2) is 0 Å². The van der Waals surface area contributed by atoms with Crippen LogP contribution in [0.4, 0.5) is 0 Å². The summed E-state index contributed by atoms with van der Waals surface area (Å²) in [6.45, 7) is 4.79. The largest absolute Gasteiger partial charge is 0.349 e. The van der Waals surface area contributed by atoms with Crippen LogP contribution < -0.4 is 5.32 Å². The molecular weight excluding hydrogens is 310 g/mol. The molecule has 0 atom stereocenters. The number of pyridine rings is 1. The Labute approximate surface area is 150 Å². The molecule has 134 valence electrons. The maximum absolute atomic E-state index is 12.8. The van der Waals surface area contributed by atoms with E-state index in [2.05, 4.69) is 21.8 Å². The molecule has 0 saturated heterocycles. The first-order valence-corrected chi connectivity index (χ1v) is 9.52. The minimum absolute atomic E-state index is 0.0749. The predicted octanol–water partition coefficient (Wildman–Crippen LogP) is 4.39. The van der Waals surface area contributed by atoms with Gasteiger partial charge in [0, 0.05) is 23.6 Å². The number of hydrogen-bond acceptors (Lipinski definition) is 2. The number of aryl methyl sites for hydroxylation is 1. The van der Waals surface area contributed by atoms with Gasteiger partial charge < -0.3 is 9.88 Å². The van der Waals surface area contributed by atoms with Crippen molar-refractivity contribution in [1.82, 2.24) is 14.9 Å². The molecule has 1 saturated carbocycles. The maximum atomic E-state index is 12.8. The number of rotatable bonds is 4. The van der Waals surface area contributed by atoms with Crippen molar-refractivity contribution in [1.29, 1.82) is 0 Å². The number of hydrogen-bond donors (Lipinski definition) is 1. The first kappa shape index (κ1) is 17.7. The molecule has 4 heteroatoms. The summed E-state index contributed by atoms with van der Waals surface area (Å²) in [4.78, 5) is 17.2. The van der Waals surface area contributed by atoms with E-state index in [1.165, 1.54) is 32.1 Å². The summed E-state index contributed by atoms with van der Waals surface area (Å²) in [5.41, 5.74) is 3.93. The van der Waals surface area contributed by atoms with Gasteiger partial charge in [0.05, 0.1) is 17.8 Å². The molecule has 0 aromatic carbocycles. The third-order valence-corrected chi connectivity index (χ3v) is 5.30. The molecule has 25 heavy (non-hydrogen) atoms. The fourth-order valence-electron chi connectivity index (χ4n) is 3.79. The highest BCUT2D eigenvalue weighted by Gasteiger charge is 2.19. The van der Waals surface area contributed by atoms with E-state index in [4.69, 9.17) is 0 Å². The predicted molar refractivity (Wildman–Crippen MR) is 101 cm³/mol. The monoisotopic (exact) mass is 339 g/mol. The van der Waals surface area contributed by atoms with Crippen LogP contribution in [0.3, 0.4) is 0 Å². The normalized spacial score (nSPS) is 16.2. The fraction of sp³-hybridized carbons (Fsp3) is 0.524. The standard InChI is InChI=1S/C21H29N3O/c1-16-14-20(17(2)24(16)15-19-12-8-9-13-22-19)21(25)23-18-10-6-4-3-5-7-11-18/h8-9,12-14,18H,3-7,10-11,15H2,1-2H3,(H,23,25). The van der Waals surface area contributed by atoms with Gasteiger partial charge in [0.25, 0.3) is 5.91 Å². The Hall–Kier alpha value is -2.10. The Morgan fingerprint density at radius 2 is 1.88 bits per heavy atom. The van der Waals surface area contributed by atoms with Gasteiger partial charge in [0.1, 0.15) is 0 Å². The quantitative estimate of drug-likeness (QED) is 0.898. The highest BCUT2D eigenvalue weighted by Crippen LogP contribution is 2.20. The SMILES string of the molecule is Cc1cc(C(=O)NC2CCCCCCC2)c(C)n1Cc1ccccn1. The van der Waals surface area contributed by atoms with Crippen LogP contribution in [0, 0.1) is 13.8 Å². The van der Waals surface area contributed by atoms with E-state index in [-0.39, 0.29) is 5.91 Å². The number of nitrogens with zero attached hydrogens (tertiary/aromatic N) is 2. The van der Waals surface area contributed by atoms with Gasteiger partial charge in [-0.05, 0) is 44.9 Å². The van der Waals surface area contributed by atoms with Gasteiger partial charge in [-0.1, -0.05) is 38.2 Å². The first-order valence-electron chi connectivity index (χ1n) is 9.52. The molecule has 1 amide bonds. The molecule has 2 heterocycles. The van der Waals surface area contributed by atoms with Crippen molar-refractivity contribution in [3.63, 3.8) is 0 Å². The highest BCUT2D eigenvalue weighted by atomic mass is 16.1. The fourth-order valence-corrected chi connectivity index (χ4v) is 3.79. The Balaban J connectivity index is 1.71. The first-order chi connectivity index (χ1) is 12.1. The van der Waals surface area contributed by atoms with Gasteiger partial charge in [-0.2, -0.15) is 0 Å². The second-order valence-corrected chi connectivity index (χ2v) is 7.21. The number of aromatic nitrogens is 2. The third-order valence-electron chi connectivity index (χ3n) is 5.30. The molecule has 1 aliphatic carbocycles. The van der Waals surface area contributed by atoms with Crippen LogP contribution in [0.15, 0.2) is 30.5 Å². The van der Waals surface area contributed by atoms with Gasteiger partial charge in [-0.25, -0.2) is 0 Å². The summed E-state index contributed by atoms with van der Waals surface area (Å²) in [5.74, 6) is 0.0749. The molecule has 3 rings (SSSR count). The molecule has 0 unspecified atom stereocenters. The van der Waals surface area contributed by atoms with Crippen LogP contribution in [0.1, 0.15) is 72.4 Å². The van der Waals surface area contributed by atoms with Crippen LogP contribution >= 0.6 is 0 Å². The maximum Gasteiger partial charge on any atom is 0.253 e. The van der Waals surface area contributed by atoms with E-state index in [1.807, 2.05) is 37.4 Å². The van der Waals surface area contributed by atoms with Gasteiger partial charge >= 0.3 is 0 Å². The van der Waals surface area contributed by atoms with Crippen molar-refractivity contribution in [2.75, 3.05) is 0 Å². The van der Waals surface area contributed by atoms with Crippen LogP contribution in [-0.2, 0) is 6.54 Å². The van der Waals surface area contributed by atoms with Crippen molar-refractivity contribution in [2.45, 2.75) is 71.4 Å². The highest BCUT2D eigenvalue weighted by molar-refractivity contribution is 5.95. The number of carbonyl (C=O) groups is 1. The zero-order valence-electron chi connectivity index (χ0n) is 15.4. The molecule has 0 spiro atoms. The van der Waals surface area contributed by atoms with E-state index >= 15 is 0 Å². The molecule has 0 aliphatic heterocycles. The van der Waals surface area contributed by atoms with Crippen molar-refractivity contribution < 1.29 is 4.79 Å². The Morgan fingerprint density at radius 1 is 1.16 bits per heavy atom.